The van der Waals surface area contributed by atoms with Crippen LogP contribution in [-0.4, -0.2) is 78.2 Å². The molecule has 1 N–H and O–H groups in total. The van der Waals surface area contributed by atoms with E-state index in [9.17, 15) is 19.2 Å². The van der Waals surface area contributed by atoms with E-state index >= 15 is 0 Å². The molecule has 0 aromatic heterocycles. The standard InChI is InChI=1S/C11H16N4O4/c1-13-9(17)10(18)15(11(13)19)7-8(16)14-5-2-3-12-4-6-14/h12H,2-7H2,1H3. The van der Waals surface area contributed by atoms with E-state index in [2.05, 4.69) is 5.32 Å². The van der Waals surface area contributed by atoms with Crippen molar-refractivity contribution in [1.82, 2.24) is 20.0 Å². The van der Waals surface area contributed by atoms with Crippen molar-refractivity contribution in [2.75, 3.05) is 39.8 Å². The number of carbonyl (C=O) groups is 4. The van der Waals surface area contributed by atoms with Crippen molar-refractivity contribution in [3.63, 3.8) is 0 Å². The Kier molecular flexibility index (Phi) is 3.79. The molecule has 2 saturated heterocycles. The summed E-state index contributed by atoms with van der Waals surface area (Å²) in [5.74, 6) is -2.14. The largest absolute Gasteiger partial charge is 0.340 e. The molecule has 0 unspecified atom stereocenters. The maximum absolute atomic E-state index is 12.0. The minimum Gasteiger partial charge on any atom is -0.340 e. The lowest BCUT2D eigenvalue weighted by atomic mass is 10.3. The summed E-state index contributed by atoms with van der Waals surface area (Å²) in [4.78, 5) is 49.6. The first-order valence-electron chi connectivity index (χ1n) is 6.14. The van der Waals surface area contributed by atoms with Crippen molar-refractivity contribution < 1.29 is 19.2 Å². The Hall–Kier alpha value is -1.96. The minimum atomic E-state index is -0.936. The number of likely N-dealkylation sites (N-methyl/N-ethyl adjacent to an activating group) is 1. The number of amides is 5. The highest BCUT2D eigenvalue weighted by Crippen LogP contribution is 2.10. The van der Waals surface area contributed by atoms with Gasteiger partial charge in [0.2, 0.25) is 5.91 Å². The first-order valence-corrected chi connectivity index (χ1v) is 6.14. The number of imide groups is 2. The smallest absolute Gasteiger partial charge is 0.334 e. The van der Waals surface area contributed by atoms with Crippen molar-refractivity contribution in [2.45, 2.75) is 6.42 Å². The maximum Gasteiger partial charge on any atom is 0.334 e. The summed E-state index contributed by atoms with van der Waals surface area (Å²) < 4.78 is 0. The Balaban J connectivity index is 2.00. The van der Waals surface area contributed by atoms with Crippen molar-refractivity contribution in [3.8, 4) is 0 Å². The van der Waals surface area contributed by atoms with Gasteiger partial charge < -0.3 is 10.2 Å². The third kappa shape index (κ3) is 2.58. The summed E-state index contributed by atoms with van der Waals surface area (Å²) >= 11 is 0. The highest BCUT2D eigenvalue weighted by Gasteiger charge is 2.43. The van der Waals surface area contributed by atoms with E-state index in [1.807, 2.05) is 0 Å². The number of urea groups is 1. The van der Waals surface area contributed by atoms with Crippen LogP contribution < -0.4 is 5.32 Å². The maximum atomic E-state index is 12.0. The van der Waals surface area contributed by atoms with Gasteiger partial charge in [0.25, 0.3) is 0 Å². The van der Waals surface area contributed by atoms with Crippen molar-refractivity contribution in [2.24, 2.45) is 0 Å². The van der Waals surface area contributed by atoms with Crippen LogP contribution in [0.5, 0.6) is 0 Å². The summed E-state index contributed by atoms with van der Waals surface area (Å²) in [7, 11) is 1.23. The molecule has 0 spiro atoms. The number of hydrogen-bond acceptors (Lipinski definition) is 5. The molecule has 2 heterocycles. The first-order chi connectivity index (χ1) is 9.02. The summed E-state index contributed by atoms with van der Waals surface area (Å²) in [6.45, 7) is 2.29. The molecule has 0 bridgehead atoms. The van der Waals surface area contributed by atoms with Gasteiger partial charge in [0.05, 0.1) is 0 Å². The highest BCUT2D eigenvalue weighted by atomic mass is 16.2. The molecule has 0 radical (unpaired) electrons. The van der Waals surface area contributed by atoms with Gasteiger partial charge in [-0.1, -0.05) is 0 Å². The molecule has 19 heavy (non-hydrogen) atoms. The number of nitrogens with one attached hydrogen (secondary N) is 1. The SMILES string of the molecule is CN1C(=O)C(=O)N(CC(=O)N2CCCNCC2)C1=O. The summed E-state index contributed by atoms with van der Waals surface area (Å²) in [6, 6.07) is -0.740. The highest BCUT2D eigenvalue weighted by molar-refractivity contribution is 6.44. The van der Waals surface area contributed by atoms with Gasteiger partial charge in [-0.05, 0) is 13.0 Å². The summed E-state index contributed by atoms with van der Waals surface area (Å²) in [5.41, 5.74) is 0. The van der Waals surface area contributed by atoms with Crippen LogP contribution in [-0.2, 0) is 14.4 Å². The molecule has 0 aromatic carbocycles. The van der Waals surface area contributed by atoms with Crippen LogP contribution in [0.15, 0.2) is 0 Å². The molecule has 0 aliphatic carbocycles. The molecule has 2 aliphatic heterocycles. The van der Waals surface area contributed by atoms with E-state index in [4.69, 9.17) is 0 Å². The number of rotatable bonds is 2. The van der Waals surface area contributed by atoms with Gasteiger partial charge in [-0.2, -0.15) is 0 Å². The summed E-state index contributed by atoms with van der Waals surface area (Å²) in [5, 5.41) is 3.15. The van der Waals surface area contributed by atoms with Crippen LogP contribution in [0.1, 0.15) is 6.42 Å². The quantitative estimate of drug-likeness (QED) is 0.473. The minimum absolute atomic E-state index is 0.312. The molecule has 0 atom stereocenters. The molecule has 104 valence electrons. The predicted molar refractivity (Wildman–Crippen MR) is 63.9 cm³/mol. The van der Waals surface area contributed by atoms with Gasteiger partial charge in [0.1, 0.15) is 6.54 Å². The van der Waals surface area contributed by atoms with Gasteiger partial charge in [-0.25, -0.2) is 9.69 Å². The lowest BCUT2D eigenvalue weighted by Crippen LogP contribution is -2.44. The predicted octanol–water partition coefficient (Wildman–Crippen LogP) is -1.77. The van der Waals surface area contributed by atoms with Gasteiger partial charge in [-0.3, -0.25) is 19.3 Å². The third-order valence-electron chi connectivity index (χ3n) is 3.24. The van der Waals surface area contributed by atoms with Crippen LogP contribution in [0.2, 0.25) is 0 Å². The Morgan fingerprint density at radius 1 is 1.16 bits per heavy atom. The number of nitrogens with zero attached hydrogens (tertiary/aromatic N) is 3. The molecule has 2 aliphatic rings. The van der Waals surface area contributed by atoms with Crippen LogP contribution in [0.25, 0.3) is 0 Å². The van der Waals surface area contributed by atoms with E-state index < -0.39 is 17.8 Å². The molecule has 0 aromatic rings. The molecular weight excluding hydrogens is 252 g/mol. The molecule has 0 saturated carbocycles. The van der Waals surface area contributed by atoms with Crippen molar-refractivity contribution >= 4 is 23.8 Å². The summed E-state index contributed by atoms with van der Waals surface area (Å²) in [6.07, 6.45) is 0.826. The Morgan fingerprint density at radius 3 is 2.53 bits per heavy atom. The van der Waals surface area contributed by atoms with Crippen molar-refractivity contribution in [3.05, 3.63) is 0 Å². The fraction of sp³-hybridized carbons (Fsp3) is 0.636. The zero-order valence-electron chi connectivity index (χ0n) is 10.7. The van der Waals surface area contributed by atoms with Crippen LogP contribution in [0.3, 0.4) is 0 Å². The fourth-order valence-corrected chi connectivity index (χ4v) is 2.08. The van der Waals surface area contributed by atoms with E-state index in [1.54, 1.807) is 4.90 Å². The molecular formula is C11H16N4O4. The topological polar surface area (TPSA) is 90.0 Å². The second-order valence-corrected chi connectivity index (χ2v) is 4.52. The van der Waals surface area contributed by atoms with Crippen LogP contribution in [0, 0.1) is 0 Å². The Bertz CT molecular complexity index is 428. The second-order valence-electron chi connectivity index (χ2n) is 4.52. The third-order valence-corrected chi connectivity index (χ3v) is 3.24. The lowest BCUT2D eigenvalue weighted by molar-refractivity contribution is -0.144. The van der Waals surface area contributed by atoms with E-state index in [-0.39, 0.29) is 12.5 Å². The zero-order chi connectivity index (χ0) is 14.0. The molecule has 8 heteroatoms. The second kappa shape index (κ2) is 5.35. The van der Waals surface area contributed by atoms with Crippen LogP contribution in [0.4, 0.5) is 4.79 Å². The normalized spacial score (nSPS) is 21.1. The van der Waals surface area contributed by atoms with Crippen molar-refractivity contribution in [1.29, 1.82) is 0 Å². The lowest BCUT2D eigenvalue weighted by Gasteiger charge is -2.22. The molecule has 5 amide bonds. The fourth-order valence-electron chi connectivity index (χ4n) is 2.08. The van der Waals surface area contributed by atoms with Gasteiger partial charge >= 0.3 is 17.8 Å². The van der Waals surface area contributed by atoms with E-state index in [0.29, 0.717) is 24.5 Å². The average molecular weight is 268 g/mol. The Morgan fingerprint density at radius 2 is 1.89 bits per heavy atom. The molecule has 8 nitrogen and oxygen atoms in total. The van der Waals surface area contributed by atoms with Gasteiger partial charge in [-0.15, -0.1) is 0 Å². The Labute approximate surface area is 110 Å². The molecule has 2 fully saturated rings. The average Bonchev–Trinajstić information content (AvgIpc) is 2.66. The van der Waals surface area contributed by atoms with Gasteiger partial charge in [0.15, 0.2) is 0 Å². The first kappa shape index (κ1) is 13.5. The number of hydrogen-bond donors (Lipinski definition) is 1. The number of carbonyl (C=O) groups excluding carboxylic acids is 4. The zero-order valence-corrected chi connectivity index (χ0v) is 10.7. The van der Waals surface area contributed by atoms with E-state index in [0.717, 1.165) is 17.9 Å². The van der Waals surface area contributed by atoms with Crippen LogP contribution >= 0.6 is 0 Å². The van der Waals surface area contributed by atoms with E-state index in [1.165, 1.54) is 7.05 Å². The molecule has 2 rings (SSSR count). The van der Waals surface area contributed by atoms with Gasteiger partial charge in [0, 0.05) is 26.7 Å². The monoisotopic (exact) mass is 268 g/mol.